The van der Waals surface area contributed by atoms with E-state index in [2.05, 4.69) is 0 Å². The van der Waals surface area contributed by atoms with Crippen molar-refractivity contribution in [1.29, 1.82) is 0 Å². The molecule has 20 heavy (non-hydrogen) atoms. The SMILES string of the molecule is CCOC(=O)CCCCCN(C=O)[C@@H]1CCS(=O)(=O)C1. The standard InChI is InChI=1S/C13H23NO5S/c1-2-19-13(16)6-4-3-5-8-14(11-15)12-7-9-20(17,18)10-12/h11-12H,2-10H2,1H3/t12-/m1/s1. The van der Waals surface area contributed by atoms with Gasteiger partial charge in [-0.25, -0.2) is 8.42 Å². The summed E-state index contributed by atoms with van der Waals surface area (Å²) in [6.07, 6.45) is 3.99. The van der Waals surface area contributed by atoms with E-state index in [-0.39, 0.29) is 23.5 Å². The zero-order valence-corrected chi connectivity index (χ0v) is 12.7. The molecule has 1 aliphatic rings. The van der Waals surface area contributed by atoms with Crippen molar-refractivity contribution < 1.29 is 22.7 Å². The second-order valence-electron chi connectivity index (χ2n) is 5.02. The molecule has 116 valence electrons. The van der Waals surface area contributed by atoms with Crippen molar-refractivity contribution in [2.45, 2.75) is 45.1 Å². The van der Waals surface area contributed by atoms with E-state index in [9.17, 15) is 18.0 Å². The van der Waals surface area contributed by atoms with Crippen LogP contribution in [0.3, 0.4) is 0 Å². The van der Waals surface area contributed by atoms with Crippen molar-refractivity contribution in [2.24, 2.45) is 0 Å². The minimum atomic E-state index is -2.97. The number of carbonyl (C=O) groups is 2. The highest BCUT2D eigenvalue weighted by atomic mass is 32.2. The molecular weight excluding hydrogens is 282 g/mol. The zero-order chi connectivity index (χ0) is 15.0. The first-order chi connectivity index (χ1) is 9.48. The summed E-state index contributed by atoms with van der Waals surface area (Å²) >= 11 is 0. The summed E-state index contributed by atoms with van der Waals surface area (Å²) in [5, 5.41) is 0. The molecule has 1 atom stereocenters. The van der Waals surface area contributed by atoms with Crippen molar-refractivity contribution in [3.8, 4) is 0 Å². The van der Waals surface area contributed by atoms with Gasteiger partial charge in [-0.05, 0) is 26.2 Å². The number of ether oxygens (including phenoxy) is 1. The van der Waals surface area contributed by atoms with Gasteiger partial charge in [-0.2, -0.15) is 0 Å². The summed E-state index contributed by atoms with van der Waals surface area (Å²) in [5.74, 6) is 0.0565. The van der Waals surface area contributed by atoms with Gasteiger partial charge in [0.15, 0.2) is 9.84 Å². The molecule has 1 heterocycles. The molecule has 1 amide bonds. The minimum absolute atomic E-state index is 0.0779. The Bertz CT molecular complexity index is 420. The van der Waals surface area contributed by atoms with E-state index in [1.54, 1.807) is 11.8 Å². The van der Waals surface area contributed by atoms with Crippen LogP contribution < -0.4 is 0 Å². The van der Waals surface area contributed by atoms with Crippen LogP contribution in [0.4, 0.5) is 0 Å². The van der Waals surface area contributed by atoms with Crippen molar-refractivity contribution in [3.05, 3.63) is 0 Å². The molecule has 1 rings (SSSR count). The summed E-state index contributed by atoms with van der Waals surface area (Å²) < 4.78 is 27.6. The van der Waals surface area contributed by atoms with E-state index < -0.39 is 9.84 Å². The number of sulfone groups is 1. The molecular formula is C13H23NO5S. The molecule has 1 aliphatic heterocycles. The van der Waals surface area contributed by atoms with Crippen LogP contribution >= 0.6 is 0 Å². The molecule has 6 nitrogen and oxygen atoms in total. The van der Waals surface area contributed by atoms with Crippen molar-refractivity contribution in [3.63, 3.8) is 0 Å². The quantitative estimate of drug-likeness (QED) is 0.357. The topological polar surface area (TPSA) is 80.8 Å². The summed E-state index contributed by atoms with van der Waals surface area (Å²) in [6.45, 7) is 2.72. The van der Waals surface area contributed by atoms with Gasteiger partial charge in [0.05, 0.1) is 18.1 Å². The average molecular weight is 305 g/mol. The number of rotatable bonds is 9. The summed E-state index contributed by atoms with van der Waals surface area (Å²) in [7, 11) is -2.97. The first-order valence-corrected chi connectivity index (χ1v) is 8.87. The van der Waals surface area contributed by atoms with Gasteiger partial charge in [0, 0.05) is 19.0 Å². The fraction of sp³-hybridized carbons (Fsp3) is 0.846. The molecule has 0 N–H and O–H groups in total. The predicted octanol–water partition coefficient (Wildman–Crippen LogP) is 0.755. The highest BCUT2D eigenvalue weighted by molar-refractivity contribution is 7.91. The number of amides is 1. The summed E-state index contributed by atoms with van der Waals surface area (Å²) in [4.78, 5) is 23.7. The number of hydrogen-bond acceptors (Lipinski definition) is 5. The van der Waals surface area contributed by atoms with E-state index in [1.165, 1.54) is 0 Å². The highest BCUT2D eigenvalue weighted by Crippen LogP contribution is 2.17. The van der Waals surface area contributed by atoms with Crippen LogP contribution in [0, 0.1) is 0 Å². The van der Waals surface area contributed by atoms with Gasteiger partial charge in [0.1, 0.15) is 0 Å². The minimum Gasteiger partial charge on any atom is -0.466 e. The molecule has 0 aromatic heterocycles. The van der Waals surface area contributed by atoms with Gasteiger partial charge in [-0.15, -0.1) is 0 Å². The second kappa shape index (κ2) is 8.24. The van der Waals surface area contributed by atoms with E-state index in [0.29, 0.717) is 26.0 Å². The van der Waals surface area contributed by atoms with Crippen molar-refractivity contribution in [2.75, 3.05) is 24.7 Å². The third-order valence-corrected chi connectivity index (χ3v) is 5.17. The molecule has 0 aliphatic carbocycles. The summed E-state index contributed by atoms with van der Waals surface area (Å²) in [5.41, 5.74) is 0. The normalized spacial score (nSPS) is 20.6. The maximum Gasteiger partial charge on any atom is 0.305 e. The number of carbonyl (C=O) groups excluding carboxylic acids is 2. The molecule has 0 radical (unpaired) electrons. The fourth-order valence-electron chi connectivity index (χ4n) is 2.33. The van der Waals surface area contributed by atoms with E-state index in [4.69, 9.17) is 4.74 Å². The first kappa shape index (κ1) is 16.9. The average Bonchev–Trinajstić information content (AvgIpc) is 2.74. The van der Waals surface area contributed by atoms with Gasteiger partial charge < -0.3 is 9.64 Å². The number of unbranched alkanes of at least 4 members (excludes halogenated alkanes) is 2. The van der Waals surface area contributed by atoms with Gasteiger partial charge in [-0.3, -0.25) is 9.59 Å². The Morgan fingerprint density at radius 1 is 1.35 bits per heavy atom. The van der Waals surface area contributed by atoms with Gasteiger partial charge in [-0.1, -0.05) is 6.42 Å². The highest BCUT2D eigenvalue weighted by Gasteiger charge is 2.31. The van der Waals surface area contributed by atoms with Crippen LogP contribution in [-0.2, 0) is 24.2 Å². The number of hydrogen-bond donors (Lipinski definition) is 0. The van der Waals surface area contributed by atoms with Gasteiger partial charge >= 0.3 is 5.97 Å². The van der Waals surface area contributed by atoms with Crippen molar-refractivity contribution in [1.82, 2.24) is 4.90 Å². The Morgan fingerprint density at radius 2 is 2.10 bits per heavy atom. The molecule has 1 fully saturated rings. The Labute approximate surface area is 120 Å². The van der Waals surface area contributed by atoms with Crippen LogP contribution in [0.1, 0.15) is 39.0 Å². The van der Waals surface area contributed by atoms with E-state index in [1.807, 2.05) is 0 Å². The lowest BCUT2D eigenvalue weighted by Gasteiger charge is -2.23. The lowest BCUT2D eigenvalue weighted by atomic mass is 10.1. The molecule has 0 spiro atoms. The fourth-order valence-corrected chi connectivity index (χ4v) is 4.07. The Hall–Kier alpha value is -1.11. The second-order valence-corrected chi connectivity index (χ2v) is 7.24. The molecule has 1 saturated heterocycles. The maximum absolute atomic E-state index is 11.4. The Morgan fingerprint density at radius 3 is 2.65 bits per heavy atom. The van der Waals surface area contributed by atoms with Gasteiger partial charge in [0.25, 0.3) is 0 Å². The van der Waals surface area contributed by atoms with Crippen LogP contribution in [0.5, 0.6) is 0 Å². The van der Waals surface area contributed by atoms with Crippen LogP contribution in [-0.4, -0.2) is 56.4 Å². The van der Waals surface area contributed by atoms with E-state index in [0.717, 1.165) is 25.7 Å². The first-order valence-electron chi connectivity index (χ1n) is 7.05. The Kier molecular flexibility index (Phi) is 6.98. The van der Waals surface area contributed by atoms with Crippen LogP contribution in [0.15, 0.2) is 0 Å². The molecule has 0 unspecified atom stereocenters. The zero-order valence-electron chi connectivity index (χ0n) is 11.9. The van der Waals surface area contributed by atoms with Crippen molar-refractivity contribution >= 4 is 22.2 Å². The third-order valence-electron chi connectivity index (χ3n) is 3.42. The van der Waals surface area contributed by atoms with E-state index >= 15 is 0 Å². The van der Waals surface area contributed by atoms with Gasteiger partial charge in [0.2, 0.25) is 6.41 Å². The molecule has 0 aromatic carbocycles. The predicted molar refractivity (Wildman–Crippen MR) is 74.9 cm³/mol. The summed E-state index contributed by atoms with van der Waals surface area (Å²) in [6, 6.07) is -0.178. The number of esters is 1. The number of nitrogens with zero attached hydrogens (tertiary/aromatic N) is 1. The molecule has 7 heteroatoms. The molecule has 0 aromatic rings. The Balaban J connectivity index is 2.19. The maximum atomic E-state index is 11.4. The largest absolute Gasteiger partial charge is 0.466 e. The lowest BCUT2D eigenvalue weighted by Crippen LogP contribution is -2.35. The molecule has 0 bridgehead atoms. The van der Waals surface area contributed by atoms with Crippen LogP contribution in [0.25, 0.3) is 0 Å². The smallest absolute Gasteiger partial charge is 0.305 e. The lowest BCUT2D eigenvalue weighted by molar-refractivity contribution is -0.143. The van der Waals surface area contributed by atoms with Crippen LogP contribution in [0.2, 0.25) is 0 Å². The monoisotopic (exact) mass is 305 g/mol. The molecule has 0 saturated carbocycles. The third kappa shape index (κ3) is 5.90.